The van der Waals surface area contributed by atoms with Gasteiger partial charge in [-0.15, -0.1) is 10.2 Å². The van der Waals surface area contributed by atoms with Crippen LogP contribution in [0.5, 0.6) is 5.88 Å². The van der Waals surface area contributed by atoms with Crippen LogP contribution in [0.1, 0.15) is 26.3 Å². The highest BCUT2D eigenvalue weighted by Crippen LogP contribution is 2.25. The molecule has 94 valence electrons. The highest BCUT2D eigenvalue weighted by Gasteiger charge is 2.13. The molecule has 0 aliphatic carbocycles. The number of benzene rings is 1. The van der Waals surface area contributed by atoms with Gasteiger partial charge in [0.1, 0.15) is 0 Å². The number of nitrogens with zero attached hydrogens (tertiary/aromatic N) is 2. The molecule has 18 heavy (non-hydrogen) atoms. The molecule has 2 rings (SSSR count). The average molecular weight is 242 g/mol. The third-order valence-electron chi connectivity index (χ3n) is 2.90. The zero-order valence-corrected chi connectivity index (χ0v) is 11.3. The minimum atomic E-state index is 0.171. The Bertz CT molecular complexity index is 510. The van der Waals surface area contributed by atoms with Gasteiger partial charge < -0.3 is 4.74 Å². The summed E-state index contributed by atoms with van der Waals surface area (Å²) >= 11 is 0. The first-order valence-corrected chi connectivity index (χ1v) is 5.99. The van der Waals surface area contributed by atoms with E-state index in [2.05, 4.69) is 55.2 Å². The van der Waals surface area contributed by atoms with Gasteiger partial charge in [-0.25, -0.2) is 0 Å². The first kappa shape index (κ1) is 12.6. The van der Waals surface area contributed by atoms with Crippen LogP contribution in [-0.4, -0.2) is 17.3 Å². The van der Waals surface area contributed by atoms with Gasteiger partial charge in [0.15, 0.2) is 0 Å². The van der Waals surface area contributed by atoms with Gasteiger partial charge in [0.2, 0.25) is 5.88 Å². The Labute approximate surface area is 108 Å². The summed E-state index contributed by atoms with van der Waals surface area (Å²) in [5.41, 5.74) is 3.41. The van der Waals surface area contributed by atoms with Gasteiger partial charge in [-0.1, -0.05) is 45.0 Å². The Morgan fingerprint density at radius 2 is 1.56 bits per heavy atom. The third-order valence-corrected chi connectivity index (χ3v) is 2.90. The van der Waals surface area contributed by atoms with E-state index in [1.165, 1.54) is 5.56 Å². The predicted molar refractivity (Wildman–Crippen MR) is 72.7 cm³/mol. The maximum absolute atomic E-state index is 5.00. The largest absolute Gasteiger partial charge is 0.480 e. The minimum absolute atomic E-state index is 0.171. The second kappa shape index (κ2) is 4.77. The van der Waals surface area contributed by atoms with E-state index in [1.54, 1.807) is 7.11 Å². The Balaban J connectivity index is 2.28. The predicted octanol–water partition coefficient (Wildman–Crippen LogP) is 3.45. The highest BCUT2D eigenvalue weighted by molar-refractivity contribution is 5.59. The zero-order valence-electron chi connectivity index (χ0n) is 11.3. The fourth-order valence-electron chi connectivity index (χ4n) is 1.72. The van der Waals surface area contributed by atoms with Crippen LogP contribution in [0.15, 0.2) is 36.4 Å². The summed E-state index contributed by atoms with van der Waals surface area (Å²) in [7, 11) is 1.59. The summed E-state index contributed by atoms with van der Waals surface area (Å²) in [6.07, 6.45) is 0. The quantitative estimate of drug-likeness (QED) is 0.809. The van der Waals surface area contributed by atoms with Crippen LogP contribution in [0.2, 0.25) is 0 Å². The Morgan fingerprint density at radius 3 is 2.00 bits per heavy atom. The van der Waals surface area contributed by atoms with E-state index in [1.807, 2.05) is 12.1 Å². The van der Waals surface area contributed by atoms with Gasteiger partial charge in [0, 0.05) is 11.6 Å². The van der Waals surface area contributed by atoms with E-state index in [0.717, 1.165) is 11.3 Å². The number of methoxy groups -OCH3 is 1. The lowest BCUT2D eigenvalue weighted by atomic mass is 9.86. The van der Waals surface area contributed by atoms with E-state index in [9.17, 15) is 0 Å². The van der Waals surface area contributed by atoms with Crippen LogP contribution in [0.25, 0.3) is 11.3 Å². The van der Waals surface area contributed by atoms with Crippen molar-refractivity contribution in [2.24, 2.45) is 0 Å². The van der Waals surface area contributed by atoms with Crippen molar-refractivity contribution in [3.8, 4) is 17.1 Å². The van der Waals surface area contributed by atoms with Crippen LogP contribution < -0.4 is 4.74 Å². The Hall–Kier alpha value is -1.90. The molecular formula is C15H18N2O. The lowest BCUT2D eigenvalue weighted by Gasteiger charge is -2.19. The van der Waals surface area contributed by atoms with Crippen molar-refractivity contribution >= 4 is 0 Å². The molecule has 1 heterocycles. The number of rotatable bonds is 2. The lowest BCUT2D eigenvalue weighted by Crippen LogP contribution is -2.10. The number of hydrogen-bond acceptors (Lipinski definition) is 3. The van der Waals surface area contributed by atoms with Crippen molar-refractivity contribution in [3.63, 3.8) is 0 Å². The van der Waals surface area contributed by atoms with E-state index < -0.39 is 0 Å². The van der Waals surface area contributed by atoms with Crippen LogP contribution in [0.4, 0.5) is 0 Å². The Morgan fingerprint density at radius 1 is 0.889 bits per heavy atom. The summed E-state index contributed by atoms with van der Waals surface area (Å²) in [5.74, 6) is 0.532. The first-order chi connectivity index (χ1) is 8.50. The molecule has 0 saturated carbocycles. The number of ether oxygens (including phenoxy) is 1. The van der Waals surface area contributed by atoms with Crippen LogP contribution in [-0.2, 0) is 5.41 Å². The average Bonchev–Trinajstić information content (AvgIpc) is 2.38. The molecule has 2 aromatic rings. The molecule has 0 aliphatic heterocycles. The Kier molecular flexibility index (Phi) is 3.32. The number of hydrogen-bond donors (Lipinski definition) is 0. The van der Waals surface area contributed by atoms with Crippen molar-refractivity contribution in [3.05, 3.63) is 42.0 Å². The highest BCUT2D eigenvalue weighted by atomic mass is 16.5. The van der Waals surface area contributed by atoms with Gasteiger partial charge in [-0.2, -0.15) is 0 Å². The van der Waals surface area contributed by atoms with E-state index >= 15 is 0 Å². The molecule has 3 nitrogen and oxygen atoms in total. The molecule has 0 N–H and O–H groups in total. The summed E-state index contributed by atoms with van der Waals surface area (Å²) in [6.45, 7) is 6.61. The molecular weight excluding hydrogens is 224 g/mol. The van der Waals surface area contributed by atoms with Gasteiger partial charge in [0.25, 0.3) is 0 Å². The van der Waals surface area contributed by atoms with Gasteiger partial charge in [0.05, 0.1) is 12.8 Å². The van der Waals surface area contributed by atoms with Crippen molar-refractivity contribution in [2.75, 3.05) is 7.11 Å². The summed E-state index contributed by atoms with van der Waals surface area (Å²) in [5, 5.41) is 8.11. The van der Waals surface area contributed by atoms with Crippen LogP contribution >= 0.6 is 0 Å². The molecule has 0 saturated heterocycles. The van der Waals surface area contributed by atoms with Crippen molar-refractivity contribution in [1.82, 2.24) is 10.2 Å². The van der Waals surface area contributed by atoms with Crippen molar-refractivity contribution < 1.29 is 4.74 Å². The molecule has 0 aliphatic rings. The van der Waals surface area contributed by atoms with Crippen LogP contribution in [0.3, 0.4) is 0 Å². The molecule has 0 atom stereocenters. The normalized spacial score (nSPS) is 11.3. The monoisotopic (exact) mass is 242 g/mol. The van der Waals surface area contributed by atoms with Gasteiger partial charge in [-0.05, 0) is 17.0 Å². The molecule has 0 bridgehead atoms. The van der Waals surface area contributed by atoms with Crippen LogP contribution in [0, 0.1) is 0 Å². The van der Waals surface area contributed by atoms with E-state index in [4.69, 9.17) is 4.74 Å². The molecule has 0 amide bonds. The first-order valence-electron chi connectivity index (χ1n) is 5.99. The van der Waals surface area contributed by atoms with Crippen molar-refractivity contribution in [2.45, 2.75) is 26.2 Å². The summed E-state index contributed by atoms with van der Waals surface area (Å²) in [4.78, 5) is 0. The standard InChI is InChI=1S/C15H18N2O/c1-15(2,3)12-7-5-11(6-8-12)13-9-10-14(18-4)17-16-13/h5-10H,1-4H3. The molecule has 0 spiro atoms. The second-order valence-corrected chi connectivity index (χ2v) is 5.29. The molecule has 3 heteroatoms. The zero-order chi connectivity index (χ0) is 13.2. The van der Waals surface area contributed by atoms with E-state index in [0.29, 0.717) is 5.88 Å². The van der Waals surface area contributed by atoms with Crippen molar-refractivity contribution in [1.29, 1.82) is 0 Å². The molecule has 1 aromatic heterocycles. The smallest absolute Gasteiger partial charge is 0.233 e. The minimum Gasteiger partial charge on any atom is -0.480 e. The summed E-state index contributed by atoms with van der Waals surface area (Å²) < 4.78 is 5.00. The van der Waals surface area contributed by atoms with Gasteiger partial charge in [-0.3, -0.25) is 0 Å². The maximum Gasteiger partial charge on any atom is 0.233 e. The second-order valence-electron chi connectivity index (χ2n) is 5.29. The van der Waals surface area contributed by atoms with Gasteiger partial charge >= 0.3 is 0 Å². The topological polar surface area (TPSA) is 35.0 Å². The lowest BCUT2D eigenvalue weighted by molar-refractivity contribution is 0.392. The number of aromatic nitrogens is 2. The fourth-order valence-corrected chi connectivity index (χ4v) is 1.72. The third kappa shape index (κ3) is 2.67. The molecule has 1 aromatic carbocycles. The summed E-state index contributed by atoms with van der Waals surface area (Å²) in [6, 6.07) is 12.2. The SMILES string of the molecule is COc1ccc(-c2ccc(C(C)(C)C)cc2)nn1. The maximum atomic E-state index is 5.00. The molecule has 0 unspecified atom stereocenters. The van der Waals surface area contributed by atoms with E-state index in [-0.39, 0.29) is 5.41 Å². The molecule has 0 fully saturated rings. The fraction of sp³-hybridized carbons (Fsp3) is 0.333. The molecule has 0 radical (unpaired) electrons.